The minimum absolute atomic E-state index is 0.0435. The van der Waals surface area contributed by atoms with E-state index in [0.29, 0.717) is 35.0 Å². The number of carbonyl (C=O) groups excluding carboxylic acids is 1. The number of carboxylic acid groups (broad SMARTS) is 1. The van der Waals surface area contributed by atoms with Crippen LogP contribution in [0.2, 0.25) is 0 Å². The molecule has 0 bridgehead atoms. The summed E-state index contributed by atoms with van der Waals surface area (Å²) in [6.45, 7) is 2.31. The molecule has 0 fully saturated rings. The summed E-state index contributed by atoms with van der Waals surface area (Å²) in [5.41, 5.74) is 3.80. The Labute approximate surface area is 195 Å². The van der Waals surface area contributed by atoms with Crippen molar-refractivity contribution in [1.82, 2.24) is 5.43 Å². The van der Waals surface area contributed by atoms with E-state index in [2.05, 4.69) is 10.5 Å². The molecule has 0 aliphatic heterocycles. The van der Waals surface area contributed by atoms with Crippen molar-refractivity contribution in [3.05, 3.63) is 95.4 Å². The third-order valence-electron chi connectivity index (χ3n) is 4.92. The molecular weight excluding hydrogens is 436 g/mol. The second-order valence-corrected chi connectivity index (χ2v) is 7.22. The van der Waals surface area contributed by atoms with Crippen LogP contribution in [-0.4, -0.2) is 29.8 Å². The fraction of sp³-hybridized carbons (Fsp3) is 0.115. The molecule has 0 aliphatic rings. The molecule has 2 N–H and O–H groups in total. The number of fused-ring (bicyclic) bond motifs is 1. The van der Waals surface area contributed by atoms with Crippen LogP contribution in [0.4, 0.5) is 0 Å². The minimum Gasteiger partial charge on any atom is -0.490 e. The lowest BCUT2D eigenvalue weighted by molar-refractivity contribution is 0.0657. The van der Waals surface area contributed by atoms with Crippen molar-refractivity contribution in [2.45, 2.75) is 13.5 Å². The van der Waals surface area contributed by atoms with Crippen molar-refractivity contribution in [1.29, 1.82) is 0 Å². The summed E-state index contributed by atoms with van der Waals surface area (Å²) in [4.78, 5) is 23.6. The lowest BCUT2D eigenvalue weighted by Crippen LogP contribution is -2.17. The van der Waals surface area contributed by atoms with E-state index in [1.807, 2.05) is 43.3 Å². The predicted octanol–water partition coefficient (Wildman–Crippen LogP) is 4.87. The molecule has 1 amide bonds. The van der Waals surface area contributed by atoms with Crippen LogP contribution >= 0.6 is 0 Å². The third-order valence-corrected chi connectivity index (χ3v) is 4.92. The highest BCUT2D eigenvalue weighted by atomic mass is 16.5. The van der Waals surface area contributed by atoms with E-state index in [-0.39, 0.29) is 18.3 Å². The molecule has 0 spiro atoms. The summed E-state index contributed by atoms with van der Waals surface area (Å²) in [6, 6.07) is 21.3. The summed E-state index contributed by atoms with van der Waals surface area (Å²) in [7, 11) is 0. The first-order valence-corrected chi connectivity index (χ1v) is 10.6. The van der Waals surface area contributed by atoms with Gasteiger partial charge >= 0.3 is 5.97 Å². The number of hydrazone groups is 1. The summed E-state index contributed by atoms with van der Waals surface area (Å²) in [5, 5.41) is 14.9. The van der Waals surface area contributed by atoms with E-state index in [0.717, 1.165) is 10.8 Å². The number of nitrogens with one attached hydrogen (secondary N) is 1. The van der Waals surface area contributed by atoms with Gasteiger partial charge in [0, 0.05) is 5.56 Å². The van der Waals surface area contributed by atoms with Gasteiger partial charge in [0.15, 0.2) is 11.5 Å². The van der Waals surface area contributed by atoms with Crippen molar-refractivity contribution in [3.8, 4) is 11.5 Å². The van der Waals surface area contributed by atoms with Crippen molar-refractivity contribution in [2.75, 3.05) is 6.61 Å². The van der Waals surface area contributed by atoms with Crippen molar-refractivity contribution in [3.63, 3.8) is 0 Å². The summed E-state index contributed by atoms with van der Waals surface area (Å²) < 4.78 is 16.6. The highest BCUT2D eigenvalue weighted by Gasteiger charge is 2.12. The molecule has 0 saturated carbocycles. The van der Waals surface area contributed by atoms with Crippen LogP contribution in [0, 0.1) is 0 Å². The molecule has 0 saturated heterocycles. The molecular formula is C26H22N2O6. The van der Waals surface area contributed by atoms with E-state index in [4.69, 9.17) is 19.0 Å². The van der Waals surface area contributed by atoms with E-state index in [1.165, 1.54) is 12.3 Å². The zero-order valence-electron chi connectivity index (χ0n) is 18.4. The van der Waals surface area contributed by atoms with Gasteiger partial charge in [0.2, 0.25) is 5.76 Å². The van der Waals surface area contributed by atoms with Gasteiger partial charge in [0.05, 0.1) is 12.8 Å². The Morgan fingerprint density at radius 3 is 2.62 bits per heavy atom. The maximum absolute atomic E-state index is 12.6. The number of furan rings is 1. The van der Waals surface area contributed by atoms with Gasteiger partial charge in [0.1, 0.15) is 12.4 Å². The van der Waals surface area contributed by atoms with Crippen molar-refractivity contribution < 1.29 is 28.6 Å². The molecule has 0 radical (unpaired) electrons. The van der Waals surface area contributed by atoms with Crippen molar-refractivity contribution in [2.24, 2.45) is 5.10 Å². The van der Waals surface area contributed by atoms with Gasteiger partial charge in [-0.15, -0.1) is 0 Å². The molecule has 8 heteroatoms. The van der Waals surface area contributed by atoms with E-state index >= 15 is 0 Å². The minimum atomic E-state index is -1.14. The normalized spacial score (nSPS) is 11.0. The number of amides is 1. The molecule has 1 heterocycles. The molecule has 3 aromatic carbocycles. The van der Waals surface area contributed by atoms with Crippen LogP contribution < -0.4 is 14.9 Å². The van der Waals surface area contributed by atoms with E-state index in [1.54, 1.807) is 30.3 Å². The lowest BCUT2D eigenvalue weighted by atomic mass is 10.0. The third kappa shape index (κ3) is 5.24. The Bertz CT molecular complexity index is 1350. The Hall–Kier alpha value is -4.59. The number of carboxylic acids is 1. The van der Waals surface area contributed by atoms with Crippen LogP contribution in [0.1, 0.15) is 39.2 Å². The molecule has 0 aliphatic carbocycles. The molecule has 4 rings (SSSR count). The summed E-state index contributed by atoms with van der Waals surface area (Å²) in [5.74, 6) is -0.277. The van der Waals surface area contributed by atoms with Crippen LogP contribution in [0.3, 0.4) is 0 Å². The fourth-order valence-corrected chi connectivity index (χ4v) is 3.36. The highest BCUT2D eigenvalue weighted by molar-refractivity contribution is 6.07. The molecule has 0 atom stereocenters. The van der Waals surface area contributed by atoms with Gasteiger partial charge in [-0.25, -0.2) is 10.2 Å². The number of aromatic carboxylic acids is 1. The Balaban J connectivity index is 1.43. The number of hydrogen-bond donors (Lipinski definition) is 2. The highest BCUT2D eigenvalue weighted by Crippen LogP contribution is 2.29. The fourth-order valence-electron chi connectivity index (χ4n) is 3.36. The SMILES string of the molecule is CCOc1cc(C=NNC(=O)c2cccc3ccccc23)ccc1OCc1ccc(C(=O)O)o1. The van der Waals surface area contributed by atoms with E-state index in [9.17, 15) is 9.59 Å². The Kier molecular flexibility index (Phi) is 6.88. The molecule has 1 aromatic heterocycles. The average molecular weight is 458 g/mol. The topological polar surface area (TPSA) is 110 Å². The lowest BCUT2D eigenvalue weighted by Gasteiger charge is -2.11. The standard InChI is InChI=1S/C26H22N2O6/c1-2-32-24-14-17(10-12-22(24)33-16-19-11-13-23(34-19)26(30)31)15-27-28-25(29)21-9-5-7-18-6-3-4-8-20(18)21/h3-15H,2,16H2,1H3,(H,28,29)(H,30,31). The van der Waals surface area contributed by atoms with Crippen LogP contribution in [0.5, 0.6) is 11.5 Å². The van der Waals surface area contributed by atoms with Gasteiger partial charge in [0.25, 0.3) is 5.91 Å². The number of rotatable bonds is 9. The molecule has 172 valence electrons. The average Bonchev–Trinajstić information content (AvgIpc) is 3.33. The summed E-state index contributed by atoms with van der Waals surface area (Å²) in [6.07, 6.45) is 1.51. The number of ether oxygens (including phenoxy) is 2. The summed E-state index contributed by atoms with van der Waals surface area (Å²) >= 11 is 0. The molecule has 34 heavy (non-hydrogen) atoms. The number of carbonyl (C=O) groups is 2. The quantitative estimate of drug-likeness (QED) is 0.273. The van der Waals surface area contributed by atoms with Crippen LogP contribution in [0.25, 0.3) is 10.8 Å². The maximum atomic E-state index is 12.6. The van der Waals surface area contributed by atoms with Gasteiger partial charge in [-0.05, 0) is 59.7 Å². The predicted molar refractivity (Wildman–Crippen MR) is 127 cm³/mol. The van der Waals surface area contributed by atoms with Gasteiger partial charge in [-0.1, -0.05) is 36.4 Å². The smallest absolute Gasteiger partial charge is 0.371 e. The molecule has 8 nitrogen and oxygen atoms in total. The first-order valence-electron chi connectivity index (χ1n) is 10.6. The maximum Gasteiger partial charge on any atom is 0.371 e. The number of benzene rings is 3. The van der Waals surface area contributed by atoms with Gasteiger partial charge < -0.3 is 19.0 Å². The zero-order chi connectivity index (χ0) is 23.9. The first kappa shape index (κ1) is 22.6. The Morgan fingerprint density at radius 1 is 1.00 bits per heavy atom. The van der Waals surface area contributed by atoms with Gasteiger partial charge in [-0.3, -0.25) is 4.79 Å². The largest absolute Gasteiger partial charge is 0.490 e. The number of nitrogens with zero attached hydrogens (tertiary/aromatic N) is 1. The van der Waals surface area contributed by atoms with Crippen LogP contribution in [-0.2, 0) is 6.61 Å². The second-order valence-electron chi connectivity index (χ2n) is 7.22. The second kappa shape index (κ2) is 10.4. The Morgan fingerprint density at radius 2 is 1.82 bits per heavy atom. The van der Waals surface area contributed by atoms with Crippen molar-refractivity contribution >= 4 is 28.9 Å². The molecule has 0 unspecified atom stereocenters. The first-order chi connectivity index (χ1) is 16.5. The number of hydrogen-bond acceptors (Lipinski definition) is 6. The zero-order valence-corrected chi connectivity index (χ0v) is 18.4. The van der Waals surface area contributed by atoms with Gasteiger partial charge in [-0.2, -0.15) is 5.10 Å². The monoisotopic (exact) mass is 458 g/mol. The van der Waals surface area contributed by atoms with Crippen LogP contribution in [0.15, 0.2) is 82.3 Å². The molecule has 4 aromatic rings. The van der Waals surface area contributed by atoms with E-state index < -0.39 is 5.97 Å².